The second kappa shape index (κ2) is 7.77. The monoisotopic (exact) mass is 407 g/mol. The van der Waals surface area contributed by atoms with Gasteiger partial charge in [-0.15, -0.1) is 0 Å². The number of carbonyl (C=O) groups excluding carboxylic acids is 1. The maximum Gasteiger partial charge on any atom is 0.228 e. The molecule has 2 aliphatic rings. The van der Waals surface area contributed by atoms with Crippen LogP contribution in [-0.2, 0) is 16.1 Å². The van der Waals surface area contributed by atoms with Gasteiger partial charge in [0.2, 0.25) is 5.91 Å². The van der Waals surface area contributed by atoms with E-state index in [1.165, 1.54) is 0 Å². The average molecular weight is 407 g/mol. The Balaban J connectivity index is 1.26. The van der Waals surface area contributed by atoms with Crippen molar-refractivity contribution in [2.45, 2.75) is 51.4 Å². The summed E-state index contributed by atoms with van der Waals surface area (Å²) in [5.41, 5.74) is 2.74. The largest absolute Gasteiger partial charge is 0.390 e. The zero-order valence-corrected chi connectivity index (χ0v) is 16.9. The Hall–Kier alpha value is -2.84. The third-order valence-electron chi connectivity index (χ3n) is 6.04. The molecule has 3 aromatic rings. The SMILES string of the molecule is C[C@@H]1C[C@H]1C(=O)Nc1cc2cc(-c3cnc(CO[C@H]4CCC[C@@H]4O)nc3)ccn2n1. The van der Waals surface area contributed by atoms with Crippen molar-refractivity contribution in [3.8, 4) is 11.1 Å². The number of ether oxygens (including phenoxy) is 1. The van der Waals surface area contributed by atoms with Crippen LogP contribution in [0.2, 0.25) is 0 Å². The molecular weight excluding hydrogens is 382 g/mol. The molecule has 3 heterocycles. The number of amides is 1. The summed E-state index contributed by atoms with van der Waals surface area (Å²) in [6, 6.07) is 5.80. The molecule has 4 atom stereocenters. The summed E-state index contributed by atoms with van der Waals surface area (Å²) in [4.78, 5) is 20.9. The molecule has 0 radical (unpaired) electrons. The Morgan fingerprint density at radius 1 is 1.27 bits per heavy atom. The van der Waals surface area contributed by atoms with Gasteiger partial charge in [0.1, 0.15) is 6.61 Å². The first-order valence-corrected chi connectivity index (χ1v) is 10.5. The number of nitrogens with one attached hydrogen (secondary N) is 1. The van der Waals surface area contributed by atoms with Crippen molar-refractivity contribution < 1.29 is 14.6 Å². The number of nitrogens with zero attached hydrogens (tertiary/aromatic N) is 4. The fourth-order valence-electron chi connectivity index (χ4n) is 4.00. The van der Waals surface area contributed by atoms with E-state index in [4.69, 9.17) is 4.74 Å². The predicted molar refractivity (Wildman–Crippen MR) is 111 cm³/mol. The lowest BCUT2D eigenvalue weighted by molar-refractivity contribution is -0.117. The van der Waals surface area contributed by atoms with Crippen LogP contribution in [0.5, 0.6) is 0 Å². The van der Waals surface area contributed by atoms with Crippen molar-refractivity contribution in [2.75, 3.05) is 5.32 Å². The summed E-state index contributed by atoms with van der Waals surface area (Å²) in [5, 5.41) is 17.2. The van der Waals surface area contributed by atoms with Crippen molar-refractivity contribution in [1.29, 1.82) is 0 Å². The van der Waals surface area contributed by atoms with Crippen LogP contribution in [0.1, 0.15) is 38.4 Å². The Kier molecular flexibility index (Phi) is 4.96. The lowest BCUT2D eigenvalue weighted by Gasteiger charge is -2.14. The first kappa shape index (κ1) is 19.1. The average Bonchev–Trinajstić information content (AvgIpc) is 3.14. The summed E-state index contributed by atoms with van der Waals surface area (Å²) < 4.78 is 7.49. The smallest absolute Gasteiger partial charge is 0.228 e. The molecule has 2 N–H and O–H groups in total. The van der Waals surface area contributed by atoms with Gasteiger partial charge < -0.3 is 15.2 Å². The molecule has 8 nitrogen and oxygen atoms in total. The maximum atomic E-state index is 12.1. The topological polar surface area (TPSA) is 102 Å². The van der Waals surface area contributed by atoms with Crippen LogP contribution in [0.25, 0.3) is 16.6 Å². The lowest BCUT2D eigenvalue weighted by Crippen LogP contribution is -2.22. The van der Waals surface area contributed by atoms with Gasteiger partial charge in [-0.25, -0.2) is 14.5 Å². The van der Waals surface area contributed by atoms with E-state index in [9.17, 15) is 9.90 Å². The van der Waals surface area contributed by atoms with E-state index in [2.05, 4.69) is 27.3 Å². The summed E-state index contributed by atoms with van der Waals surface area (Å²) in [6.45, 7) is 2.38. The van der Waals surface area contributed by atoms with Crippen molar-refractivity contribution >= 4 is 17.2 Å². The number of fused-ring (bicyclic) bond motifs is 1. The van der Waals surface area contributed by atoms with E-state index in [0.717, 1.165) is 42.3 Å². The van der Waals surface area contributed by atoms with Crippen LogP contribution in [0.3, 0.4) is 0 Å². The fourth-order valence-corrected chi connectivity index (χ4v) is 4.00. The first-order valence-electron chi connectivity index (χ1n) is 10.5. The van der Waals surface area contributed by atoms with E-state index in [-0.39, 0.29) is 24.0 Å². The molecule has 2 aliphatic carbocycles. The quantitative estimate of drug-likeness (QED) is 0.652. The summed E-state index contributed by atoms with van der Waals surface area (Å²) >= 11 is 0. The maximum absolute atomic E-state index is 12.1. The zero-order chi connectivity index (χ0) is 20.7. The minimum absolute atomic E-state index is 0.0439. The van der Waals surface area contributed by atoms with Crippen molar-refractivity contribution in [2.24, 2.45) is 11.8 Å². The molecule has 2 fully saturated rings. The van der Waals surface area contributed by atoms with Crippen molar-refractivity contribution in [3.63, 3.8) is 0 Å². The molecule has 30 heavy (non-hydrogen) atoms. The predicted octanol–water partition coefficient (Wildman–Crippen LogP) is 2.82. The molecule has 3 aromatic heterocycles. The fraction of sp³-hybridized carbons (Fsp3) is 0.455. The molecule has 0 bridgehead atoms. The van der Waals surface area contributed by atoms with Gasteiger partial charge in [-0.05, 0) is 49.3 Å². The second-order valence-corrected chi connectivity index (χ2v) is 8.36. The lowest BCUT2D eigenvalue weighted by atomic mass is 10.1. The molecular formula is C22H25N5O3. The van der Waals surface area contributed by atoms with E-state index in [0.29, 0.717) is 24.2 Å². The minimum atomic E-state index is -0.381. The molecule has 0 aliphatic heterocycles. The standard InChI is InChI=1S/C22H25N5O3/c1-13-7-17(13)22(29)25-20-9-16-8-14(5-6-27(16)26-20)15-10-23-21(24-11-15)12-30-19-4-2-3-18(19)28/h5-6,8-11,13,17-19,28H,2-4,7,12H2,1H3,(H,25,26,29)/t13-,17-,18+,19+/m1/s1. The van der Waals surface area contributed by atoms with Gasteiger partial charge in [-0.3, -0.25) is 4.79 Å². The van der Waals surface area contributed by atoms with E-state index in [1.807, 2.05) is 24.4 Å². The molecule has 0 unspecified atom stereocenters. The van der Waals surface area contributed by atoms with Gasteiger partial charge in [0.05, 0.1) is 17.7 Å². The number of aliphatic hydroxyl groups excluding tert-OH is 1. The number of hydrogen-bond donors (Lipinski definition) is 2. The Morgan fingerprint density at radius 3 is 2.77 bits per heavy atom. The summed E-state index contributed by atoms with van der Waals surface area (Å²) in [5.74, 6) is 1.78. The highest BCUT2D eigenvalue weighted by molar-refractivity contribution is 5.94. The van der Waals surface area contributed by atoms with Crippen LogP contribution in [0, 0.1) is 11.8 Å². The third kappa shape index (κ3) is 3.93. The van der Waals surface area contributed by atoms with Gasteiger partial charge in [-0.2, -0.15) is 5.10 Å². The number of aliphatic hydroxyl groups is 1. The van der Waals surface area contributed by atoms with Crippen LogP contribution in [0.15, 0.2) is 36.8 Å². The van der Waals surface area contributed by atoms with Gasteiger partial charge in [0.15, 0.2) is 11.6 Å². The highest BCUT2D eigenvalue weighted by atomic mass is 16.5. The number of aromatic nitrogens is 4. The molecule has 156 valence electrons. The normalized spacial score (nSPS) is 25.5. The Labute approximate surface area is 174 Å². The molecule has 2 saturated carbocycles. The number of pyridine rings is 1. The number of rotatable bonds is 6. The van der Waals surface area contributed by atoms with Crippen molar-refractivity contribution in [3.05, 3.63) is 42.6 Å². The van der Waals surface area contributed by atoms with Gasteiger partial charge in [-0.1, -0.05) is 6.92 Å². The zero-order valence-electron chi connectivity index (χ0n) is 16.9. The summed E-state index contributed by atoms with van der Waals surface area (Å²) in [7, 11) is 0. The molecule has 0 aromatic carbocycles. The number of anilines is 1. The molecule has 0 saturated heterocycles. The molecule has 8 heteroatoms. The molecule has 0 spiro atoms. The Morgan fingerprint density at radius 2 is 2.07 bits per heavy atom. The first-order chi connectivity index (χ1) is 14.6. The van der Waals surface area contributed by atoms with Crippen molar-refractivity contribution in [1.82, 2.24) is 19.6 Å². The highest BCUT2D eigenvalue weighted by Gasteiger charge is 2.39. The van der Waals surface area contributed by atoms with E-state index >= 15 is 0 Å². The third-order valence-corrected chi connectivity index (χ3v) is 6.04. The number of hydrogen-bond acceptors (Lipinski definition) is 6. The van der Waals surface area contributed by atoms with Gasteiger partial charge in [0, 0.05) is 36.1 Å². The number of carbonyl (C=O) groups is 1. The van der Waals surface area contributed by atoms with Crippen LogP contribution >= 0.6 is 0 Å². The summed E-state index contributed by atoms with van der Waals surface area (Å²) in [6.07, 6.45) is 8.54. The minimum Gasteiger partial charge on any atom is -0.390 e. The Bertz CT molecular complexity index is 1060. The highest BCUT2D eigenvalue weighted by Crippen LogP contribution is 2.38. The van der Waals surface area contributed by atoms with E-state index < -0.39 is 0 Å². The van der Waals surface area contributed by atoms with Crippen LogP contribution < -0.4 is 5.32 Å². The molecule has 5 rings (SSSR count). The van der Waals surface area contributed by atoms with Gasteiger partial charge >= 0.3 is 0 Å². The van der Waals surface area contributed by atoms with E-state index in [1.54, 1.807) is 16.9 Å². The van der Waals surface area contributed by atoms with Crippen LogP contribution in [0.4, 0.5) is 5.82 Å². The second-order valence-electron chi connectivity index (χ2n) is 8.36. The molecule has 1 amide bonds. The van der Waals surface area contributed by atoms with Gasteiger partial charge in [0.25, 0.3) is 0 Å². The van der Waals surface area contributed by atoms with Crippen LogP contribution in [-0.4, -0.2) is 42.8 Å².